The number of anilines is 1. The Hall–Kier alpha value is -2.25. The Labute approximate surface area is 147 Å². The SMILES string of the molecule is CCC(C)(C)NS(=O)(=O)c1cccc(C(=O)Nc2ccc(F)cc2)c1. The monoisotopic (exact) mass is 364 g/mol. The molecule has 0 aliphatic carbocycles. The van der Waals surface area contributed by atoms with Crippen LogP contribution in [0.3, 0.4) is 0 Å². The molecule has 0 aromatic heterocycles. The summed E-state index contributed by atoms with van der Waals surface area (Å²) in [6.07, 6.45) is 0.622. The standard InChI is InChI=1S/C18H21FN2O3S/c1-4-18(2,3)21-25(23,24)16-7-5-6-13(12-16)17(22)20-15-10-8-14(19)9-11-15/h5-12,21H,4H2,1-3H3,(H,20,22). The molecule has 2 rings (SSSR count). The minimum absolute atomic E-state index is 0.0146. The molecule has 0 radical (unpaired) electrons. The zero-order valence-electron chi connectivity index (χ0n) is 14.3. The third-order valence-electron chi connectivity index (χ3n) is 3.80. The van der Waals surface area contributed by atoms with Gasteiger partial charge in [0.25, 0.3) is 5.91 Å². The van der Waals surface area contributed by atoms with E-state index in [2.05, 4.69) is 10.0 Å². The van der Waals surface area contributed by atoms with Crippen LogP contribution in [0.2, 0.25) is 0 Å². The molecule has 134 valence electrons. The van der Waals surface area contributed by atoms with Gasteiger partial charge in [0, 0.05) is 16.8 Å². The van der Waals surface area contributed by atoms with Gasteiger partial charge >= 0.3 is 0 Å². The number of hydrogen-bond donors (Lipinski definition) is 2. The molecular weight excluding hydrogens is 343 g/mol. The molecule has 2 aromatic rings. The van der Waals surface area contributed by atoms with E-state index in [0.29, 0.717) is 12.1 Å². The number of halogens is 1. The first kappa shape index (κ1) is 19.1. The minimum Gasteiger partial charge on any atom is -0.322 e. The number of benzene rings is 2. The van der Waals surface area contributed by atoms with E-state index in [9.17, 15) is 17.6 Å². The van der Waals surface area contributed by atoms with Gasteiger partial charge in [-0.3, -0.25) is 4.79 Å². The Morgan fingerprint density at radius 2 is 1.76 bits per heavy atom. The van der Waals surface area contributed by atoms with Crippen LogP contribution in [0.5, 0.6) is 0 Å². The highest BCUT2D eigenvalue weighted by molar-refractivity contribution is 7.89. The first-order valence-electron chi connectivity index (χ1n) is 7.84. The summed E-state index contributed by atoms with van der Waals surface area (Å²) in [5, 5.41) is 2.60. The molecule has 0 fully saturated rings. The summed E-state index contributed by atoms with van der Waals surface area (Å²) >= 11 is 0. The van der Waals surface area contributed by atoms with Gasteiger partial charge in [-0.05, 0) is 62.7 Å². The Morgan fingerprint density at radius 3 is 2.36 bits per heavy atom. The van der Waals surface area contributed by atoms with Gasteiger partial charge in [-0.25, -0.2) is 17.5 Å². The van der Waals surface area contributed by atoms with Gasteiger partial charge in [-0.2, -0.15) is 0 Å². The van der Waals surface area contributed by atoms with Crippen molar-refractivity contribution in [2.75, 3.05) is 5.32 Å². The maximum absolute atomic E-state index is 12.9. The van der Waals surface area contributed by atoms with Crippen LogP contribution in [0, 0.1) is 5.82 Å². The molecule has 0 saturated heterocycles. The first-order chi connectivity index (χ1) is 11.6. The number of nitrogens with one attached hydrogen (secondary N) is 2. The van der Waals surface area contributed by atoms with Gasteiger partial charge in [-0.15, -0.1) is 0 Å². The summed E-state index contributed by atoms with van der Waals surface area (Å²) in [5.74, 6) is -0.880. The second-order valence-corrected chi connectivity index (χ2v) is 8.01. The molecule has 1 amide bonds. The molecule has 0 unspecified atom stereocenters. The van der Waals surface area contributed by atoms with Crippen LogP contribution in [0.15, 0.2) is 53.4 Å². The topological polar surface area (TPSA) is 75.3 Å². The number of amides is 1. The third kappa shape index (κ3) is 5.11. The van der Waals surface area contributed by atoms with Crippen molar-refractivity contribution in [2.45, 2.75) is 37.6 Å². The molecule has 0 saturated carbocycles. The highest BCUT2D eigenvalue weighted by Gasteiger charge is 2.25. The molecule has 25 heavy (non-hydrogen) atoms. The maximum Gasteiger partial charge on any atom is 0.255 e. The van der Waals surface area contributed by atoms with E-state index in [1.54, 1.807) is 13.8 Å². The Bertz CT molecular complexity index is 862. The van der Waals surface area contributed by atoms with Crippen molar-refractivity contribution >= 4 is 21.6 Å². The number of sulfonamides is 1. The average Bonchev–Trinajstić information content (AvgIpc) is 2.56. The lowest BCUT2D eigenvalue weighted by molar-refractivity contribution is 0.102. The normalized spacial score (nSPS) is 12.0. The molecule has 0 atom stereocenters. The van der Waals surface area contributed by atoms with Crippen molar-refractivity contribution in [1.82, 2.24) is 4.72 Å². The van der Waals surface area contributed by atoms with E-state index in [-0.39, 0.29) is 10.5 Å². The second-order valence-electron chi connectivity index (χ2n) is 6.33. The molecule has 0 aliphatic heterocycles. The molecule has 5 nitrogen and oxygen atoms in total. The third-order valence-corrected chi connectivity index (χ3v) is 5.50. The van der Waals surface area contributed by atoms with E-state index in [0.717, 1.165) is 0 Å². The van der Waals surface area contributed by atoms with Crippen LogP contribution < -0.4 is 10.0 Å². The Balaban J connectivity index is 2.23. The van der Waals surface area contributed by atoms with E-state index >= 15 is 0 Å². The number of rotatable bonds is 6. The maximum atomic E-state index is 12.9. The Kier molecular flexibility index (Phi) is 5.59. The van der Waals surface area contributed by atoms with Crippen molar-refractivity contribution in [2.24, 2.45) is 0 Å². The van der Waals surface area contributed by atoms with E-state index in [4.69, 9.17) is 0 Å². The quantitative estimate of drug-likeness (QED) is 0.823. The summed E-state index contributed by atoms with van der Waals surface area (Å²) in [7, 11) is -3.74. The lowest BCUT2D eigenvalue weighted by atomic mass is 10.0. The molecule has 2 N–H and O–H groups in total. The van der Waals surface area contributed by atoms with E-state index in [1.165, 1.54) is 48.5 Å². The zero-order valence-corrected chi connectivity index (χ0v) is 15.2. The average molecular weight is 364 g/mol. The number of carbonyl (C=O) groups excluding carboxylic acids is 1. The summed E-state index contributed by atoms with van der Waals surface area (Å²) in [6.45, 7) is 5.46. The van der Waals surface area contributed by atoms with Crippen LogP contribution in [0.25, 0.3) is 0 Å². The Morgan fingerprint density at radius 1 is 1.12 bits per heavy atom. The number of hydrogen-bond acceptors (Lipinski definition) is 3. The molecule has 2 aromatic carbocycles. The van der Waals surface area contributed by atoms with Gasteiger partial charge in [-0.1, -0.05) is 13.0 Å². The fourth-order valence-electron chi connectivity index (χ4n) is 2.04. The lowest BCUT2D eigenvalue weighted by Crippen LogP contribution is -2.42. The molecule has 0 aliphatic rings. The van der Waals surface area contributed by atoms with Gasteiger partial charge in [0.15, 0.2) is 0 Å². The molecular formula is C18H21FN2O3S. The van der Waals surface area contributed by atoms with Crippen LogP contribution in [-0.2, 0) is 10.0 Å². The predicted octanol–water partition coefficient (Wildman–Crippen LogP) is 3.54. The predicted molar refractivity (Wildman–Crippen MR) is 95.5 cm³/mol. The lowest BCUT2D eigenvalue weighted by Gasteiger charge is -2.24. The smallest absolute Gasteiger partial charge is 0.255 e. The molecule has 0 bridgehead atoms. The largest absolute Gasteiger partial charge is 0.322 e. The van der Waals surface area contributed by atoms with Gasteiger partial charge in [0.2, 0.25) is 10.0 Å². The molecule has 0 heterocycles. The highest BCUT2D eigenvalue weighted by Crippen LogP contribution is 2.18. The van der Waals surface area contributed by atoms with Crippen LogP contribution in [-0.4, -0.2) is 19.9 Å². The fraction of sp³-hybridized carbons (Fsp3) is 0.278. The summed E-state index contributed by atoms with van der Waals surface area (Å²) in [5.41, 5.74) is 0.0250. The second kappa shape index (κ2) is 7.33. The minimum atomic E-state index is -3.74. The summed E-state index contributed by atoms with van der Waals surface area (Å²) < 4.78 is 40.5. The van der Waals surface area contributed by atoms with Crippen molar-refractivity contribution < 1.29 is 17.6 Å². The van der Waals surface area contributed by atoms with Crippen LogP contribution in [0.1, 0.15) is 37.6 Å². The van der Waals surface area contributed by atoms with E-state index in [1.807, 2.05) is 6.92 Å². The summed E-state index contributed by atoms with van der Waals surface area (Å²) in [6, 6.07) is 11.1. The highest BCUT2D eigenvalue weighted by atomic mass is 32.2. The number of carbonyl (C=O) groups is 1. The molecule has 0 spiro atoms. The zero-order chi connectivity index (χ0) is 18.7. The first-order valence-corrected chi connectivity index (χ1v) is 9.32. The summed E-state index contributed by atoms with van der Waals surface area (Å²) in [4.78, 5) is 12.3. The van der Waals surface area contributed by atoms with Crippen molar-refractivity contribution in [3.8, 4) is 0 Å². The van der Waals surface area contributed by atoms with Crippen LogP contribution >= 0.6 is 0 Å². The van der Waals surface area contributed by atoms with Crippen molar-refractivity contribution in [3.63, 3.8) is 0 Å². The van der Waals surface area contributed by atoms with Gasteiger partial charge < -0.3 is 5.32 Å². The van der Waals surface area contributed by atoms with Crippen LogP contribution in [0.4, 0.5) is 10.1 Å². The van der Waals surface area contributed by atoms with Gasteiger partial charge in [0.1, 0.15) is 5.82 Å². The van der Waals surface area contributed by atoms with Crippen molar-refractivity contribution in [3.05, 3.63) is 59.9 Å². The van der Waals surface area contributed by atoms with Gasteiger partial charge in [0.05, 0.1) is 4.90 Å². The van der Waals surface area contributed by atoms with Crippen molar-refractivity contribution in [1.29, 1.82) is 0 Å². The molecule has 7 heteroatoms. The van der Waals surface area contributed by atoms with E-state index < -0.39 is 27.3 Å². The fourth-order valence-corrected chi connectivity index (χ4v) is 3.57.